The van der Waals surface area contributed by atoms with Crippen molar-refractivity contribution in [3.8, 4) is 0 Å². The van der Waals surface area contributed by atoms with Gasteiger partial charge < -0.3 is 9.47 Å². The third-order valence-corrected chi connectivity index (χ3v) is 3.52. The van der Waals surface area contributed by atoms with Crippen LogP contribution < -0.4 is 0 Å². The topological polar surface area (TPSA) is 55.8 Å². The predicted molar refractivity (Wildman–Crippen MR) is 77.7 cm³/mol. The summed E-state index contributed by atoms with van der Waals surface area (Å²) < 4.78 is 10.2. The van der Waals surface area contributed by atoms with Crippen LogP contribution in [0, 0.1) is 5.92 Å². The van der Waals surface area contributed by atoms with Gasteiger partial charge in [-0.3, -0.25) is 4.90 Å². The highest BCUT2D eigenvalue weighted by Gasteiger charge is 2.48. The fourth-order valence-electron chi connectivity index (χ4n) is 2.38. The predicted octanol–water partition coefficient (Wildman–Crippen LogP) is 2.77. The Morgan fingerprint density at radius 1 is 1.38 bits per heavy atom. The van der Waals surface area contributed by atoms with Crippen molar-refractivity contribution in [1.82, 2.24) is 4.90 Å². The molecule has 1 aromatic carbocycles. The normalized spacial score (nSPS) is 21.5. The summed E-state index contributed by atoms with van der Waals surface area (Å²) in [5, 5.41) is 0. The van der Waals surface area contributed by atoms with Crippen molar-refractivity contribution in [2.75, 3.05) is 6.07 Å². The second-order valence-corrected chi connectivity index (χ2v) is 5.44. The molecular weight excluding hydrogens is 294 g/mol. The van der Waals surface area contributed by atoms with Crippen LogP contribution in [0.15, 0.2) is 30.3 Å². The van der Waals surface area contributed by atoms with Gasteiger partial charge in [-0.25, -0.2) is 9.59 Å². The van der Waals surface area contributed by atoms with Crippen LogP contribution in [0.25, 0.3) is 0 Å². The van der Waals surface area contributed by atoms with Gasteiger partial charge in [0.15, 0.2) is 12.1 Å². The third kappa shape index (κ3) is 3.47. The van der Waals surface area contributed by atoms with Gasteiger partial charge in [0.25, 0.3) is 0 Å². The molecule has 1 saturated heterocycles. The molecule has 0 radical (unpaired) electrons. The Morgan fingerprint density at radius 3 is 2.62 bits per heavy atom. The van der Waals surface area contributed by atoms with Crippen LogP contribution in [0.1, 0.15) is 19.4 Å². The van der Waals surface area contributed by atoms with Crippen LogP contribution in [-0.4, -0.2) is 35.2 Å². The van der Waals surface area contributed by atoms with E-state index >= 15 is 0 Å². The second-order valence-electron chi connectivity index (χ2n) is 5.22. The van der Waals surface area contributed by atoms with E-state index in [1.54, 1.807) is 0 Å². The molecule has 114 valence electrons. The SMILES string of the molecule is CC(C)[C@@H]1OC(=O)N(Cc2ccccc2)[C@H]1C(=O)OCCl. The smallest absolute Gasteiger partial charge is 0.411 e. The highest BCUT2D eigenvalue weighted by atomic mass is 35.5. The lowest BCUT2D eigenvalue weighted by atomic mass is 9.99. The molecular formula is C15H18ClNO4. The number of ether oxygens (including phenoxy) is 2. The Labute approximate surface area is 128 Å². The molecule has 0 bridgehead atoms. The Bertz CT molecular complexity index is 506. The van der Waals surface area contributed by atoms with E-state index in [0.717, 1.165) is 5.56 Å². The number of carbonyl (C=O) groups is 2. The van der Waals surface area contributed by atoms with E-state index < -0.39 is 24.2 Å². The molecule has 1 aliphatic heterocycles. The Hall–Kier alpha value is -1.75. The lowest BCUT2D eigenvalue weighted by Gasteiger charge is -2.24. The highest BCUT2D eigenvalue weighted by molar-refractivity contribution is 6.17. The molecule has 0 spiro atoms. The molecule has 0 N–H and O–H groups in total. The van der Waals surface area contributed by atoms with Crippen molar-refractivity contribution in [3.63, 3.8) is 0 Å². The quantitative estimate of drug-likeness (QED) is 0.620. The second kappa shape index (κ2) is 6.80. The van der Waals surface area contributed by atoms with E-state index in [1.165, 1.54) is 4.90 Å². The lowest BCUT2D eigenvalue weighted by Crippen LogP contribution is -2.45. The number of hydrogen-bond acceptors (Lipinski definition) is 4. The summed E-state index contributed by atoms with van der Waals surface area (Å²) in [6.07, 6.45) is -1.04. The number of cyclic esters (lactones) is 1. The molecule has 5 nitrogen and oxygen atoms in total. The van der Waals surface area contributed by atoms with E-state index in [0.29, 0.717) is 6.54 Å². The van der Waals surface area contributed by atoms with Crippen molar-refractivity contribution in [2.24, 2.45) is 5.92 Å². The number of alkyl halides is 1. The molecule has 0 aliphatic carbocycles. The van der Waals surface area contributed by atoms with Crippen molar-refractivity contribution >= 4 is 23.7 Å². The van der Waals surface area contributed by atoms with Crippen LogP contribution in [0.5, 0.6) is 0 Å². The minimum absolute atomic E-state index is 0.00241. The van der Waals surface area contributed by atoms with Crippen molar-refractivity contribution in [3.05, 3.63) is 35.9 Å². The first kappa shape index (κ1) is 15.6. The summed E-state index contributed by atoms with van der Waals surface area (Å²) in [5.41, 5.74) is 0.919. The summed E-state index contributed by atoms with van der Waals surface area (Å²) in [7, 11) is 0. The standard InChI is InChI=1S/C15H18ClNO4/c1-10(2)13-12(14(18)20-9-16)17(15(19)21-13)8-11-6-4-3-5-7-11/h3-7,10,12-13H,8-9H2,1-2H3/t12-,13+/m1/s1. The fourth-order valence-corrected chi connectivity index (χ4v) is 2.49. The molecule has 1 aliphatic rings. The number of nitrogens with zero attached hydrogens (tertiary/aromatic N) is 1. The molecule has 1 heterocycles. The molecule has 6 heteroatoms. The molecule has 1 fully saturated rings. The van der Waals surface area contributed by atoms with E-state index in [-0.39, 0.29) is 12.0 Å². The summed E-state index contributed by atoms with van der Waals surface area (Å²) >= 11 is 5.46. The molecule has 0 saturated carbocycles. The van der Waals surface area contributed by atoms with E-state index in [9.17, 15) is 9.59 Å². The first-order chi connectivity index (χ1) is 10.0. The number of benzene rings is 1. The van der Waals surface area contributed by atoms with Gasteiger partial charge >= 0.3 is 12.1 Å². The largest absolute Gasteiger partial charge is 0.448 e. The number of rotatable bonds is 5. The number of amides is 1. The molecule has 21 heavy (non-hydrogen) atoms. The Kier molecular flexibility index (Phi) is 5.07. The van der Waals surface area contributed by atoms with Crippen LogP contribution >= 0.6 is 11.6 Å². The molecule has 0 unspecified atom stereocenters. The van der Waals surface area contributed by atoms with Crippen LogP contribution in [0.2, 0.25) is 0 Å². The third-order valence-electron chi connectivity index (χ3n) is 3.41. The maximum absolute atomic E-state index is 12.1. The molecule has 1 aromatic rings. The zero-order valence-electron chi connectivity index (χ0n) is 12.0. The summed E-state index contributed by atoms with van der Waals surface area (Å²) in [6, 6.07) is 8.41. The number of esters is 1. The molecule has 2 atom stereocenters. The van der Waals surface area contributed by atoms with E-state index in [2.05, 4.69) is 0 Å². The van der Waals surface area contributed by atoms with Gasteiger partial charge in [0.05, 0.1) is 6.54 Å². The molecule has 2 rings (SSSR count). The monoisotopic (exact) mass is 311 g/mol. The van der Waals surface area contributed by atoms with Crippen LogP contribution in [0.4, 0.5) is 4.79 Å². The first-order valence-electron chi connectivity index (χ1n) is 6.78. The fraction of sp³-hybridized carbons (Fsp3) is 0.467. The average molecular weight is 312 g/mol. The number of hydrogen-bond donors (Lipinski definition) is 0. The minimum Gasteiger partial charge on any atom is -0.448 e. The highest BCUT2D eigenvalue weighted by Crippen LogP contribution is 2.28. The summed E-state index contributed by atoms with van der Waals surface area (Å²) in [6.45, 7) is 4.08. The van der Waals surface area contributed by atoms with Gasteiger partial charge in [0.1, 0.15) is 6.10 Å². The minimum atomic E-state index is -0.767. The Balaban J connectivity index is 2.23. The van der Waals surface area contributed by atoms with Crippen LogP contribution in [0.3, 0.4) is 0 Å². The zero-order chi connectivity index (χ0) is 15.4. The van der Waals surface area contributed by atoms with Gasteiger partial charge in [-0.1, -0.05) is 55.8 Å². The Morgan fingerprint density at radius 2 is 2.05 bits per heavy atom. The van der Waals surface area contributed by atoms with Gasteiger partial charge in [0, 0.05) is 0 Å². The van der Waals surface area contributed by atoms with Crippen molar-refractivity contribution in [1.29, 1.82) is 0 Å². The van der Waals surface area contributed by atoms with E-state index in [4.69, 9.17) is 21.1 Å². The van der Waals surface area contributed by atoms with Gasteiger partial charge in [-0.2, -0.15) is 0 Å². The van der Waals surface area contributed by atoms with Crippen molar-refractivity contribution < 1.29 is 19.1 Å². The zero-order valence-corrected chi connectivity index (χ0v) is 12.7. The summed E-state index contributed by atoms with van der Waals surface area (Å²) in [5.74, 6) is -0.534. The maximum atomic E-state index is 12.1. The van der Waals surface area contributed by atoms with Gasteiger partial charge in [0.2, 0.25) is 0 Å². The molecule has 0 aromatic heterocycles. The van der Waals surface area contributed by atoms with Crippen molar-refractivity contribution in [2.45, 2.75) is 32.5 Å². The summed E-state index contributed by atoms with van der Waals surface area (Å²) in [4.78, 5) is 25.6. The van der Waals surface area contributed by atoms with Crippen LogP contribution in [-0.2, 0) is 20.8 Å². The maximum Gasteiger partial charge on any atom is 0.411 e. The van der Waals surface area contributed by atoms with Gasteiger partial charge in [-0.05, 0) is 11.5 Å². The van der Waals surface area contributed by atoms with E-state index in [1.807, 2.05) is 44.2 Å². The molecule has 1 amide bonds. The lowest BCUT2D eigenvalue weighted by molar-refractivity contribution is -0.148. The number of halogens is 1. The average Bonchev–Trinajstić information content (AvgIpc) is 2.78. The first-order valence-corrected chi connectivity index (χ1v) is 7.31. The van der Waals surface area contributed by atoms with Gasteiger partial charge in [-0.15, -0.1) is 0 Å². The number of carbonyl (C=O) groups excluding carboxylic acids is 2.